The third kappa shape index (κ3) is 2.85. The van der Waals surface area contributed by atoms with Crippen molar-refractivity contribution >= 4 is 22.4 Å². The maximum absolute atomic E-state index is 12.5. The number of aromatic hydroxyl groups is 1. The fraction of sp³-hybridized carbons (Fsp3) is 0.333. The molecule has 110 valence electrons. The van der Waals surface area contributed by atoms with Crippen LogP contribution in [0.1, 0.15) is 15.9 Å². The Hall–Kier alpha value is -2.08. The first-order valence-corrected chi connectivity index (χ1v) is 7.76. The predicted octanol–water partition coefficient (Wildman–Crippen LogP) is 2.12. The molecule has 5 nitrogen and oxygen atoms in total. The van der Waals surface area contributed by atoms with Gasteiger partial charge in [0.25, 0.3) is 5.91 Å². The summed E-state index contributed by atoms with van der Waals surface area (Å²) in [5, 5.41) is 12.8. The number of anilines is 1. The van der Waals surface area contributed by atoms with Crippen molar-refractivity contribution in [2.24, 2.45) is 0 Å². The van der Waals surface area contributed by atoms with E-state index in [1.807, 2.05) is 12.3 Å². The third-order valence-corrected chi connectivity index (χ3v) is 4.47. The van der Waals surface area contributed by atoms with E-state index in [4.69, 9.17) is 0 Å². The van der Waals surface area contributed by atoms with Gasteiger partial charge in [0, 0.05) is 37.8 Å². The molecule has 1 saturated heterocycles. The minimum absolute atomic E-state index is 0.0490. The number of aryl methyl sites for hydroxylation is 1. The molecule has 1 aromatic heterocycles. The van der Waals surface area contributed by atoms with E-state index in [-0.39, 0.29) is 11.7 Å². The van der Waals surface area contributed by atoms with E-state index in [2.05, 4.69) is 9.88 Å². The molecule has 1 N–H and O–H groups in total. The quantitative estimate of drug-likeness (QED) is 0.923. The van der Waals surface area contributed by atoms with E-state index in [9.17, 15) is 9.90 Å². The van der Waals surface area contributed by atoms with Gasteiger partial charge in [0.05, 0.1) is 5.56 Å². The van der Waals surface area contributed by atoms with Gasteiger partial charge in [-0.25, -0.2) is 4.98 Å². The number of carbonyl (C=O) groups excluding carboxylic acids is 1. The van der Waals surface area contributed by atoms with Crippen molar-refractivity contribution in [2.75, 3.05) is 31.1 Å². The van der Waals surface area contributed by atoms with Crippen LogP contribution in [-0.4, -0.2) is 47.1 Å². The molecule has 0 bridgehead atoms. The largest absolute Gasteiger partial charge is 0.507 e. The van der Waals surface area contributed by atoms with Crippen LogP contribution in [0.3, 0.4) is 0 Å². The second-order valence-electron chi connectivity index (χ2n) is 5.11. The Balaban J connectivity index is 1.69. The Morgan fingerprint density at radius 2 is 2.05 bits per heavy atom. The molecule has 21 heavy (non-hydrogen) atoms. The van der Waals surface area contributed by atoms with Crippen LogP contribution in [-0.2, 0) is 0 Å². The maximum Gasteiger partial charge on any atom is 0.257 e. The number of phenols is 1. The summed E-state index contributed by atoms with van der Waals surface area (Å²) in [4.78, 5) is 20.8. The van der Waals surface area contributed by atoms with Crippen molar-refractivity contribution in [1.82, 2.24) is 9.88 Å². The monoisotopic (exact) mass is 303 g/mol. The molecule has 1 aliphatic rings. The SMILES string of the molecule is Cc1ccc(O)c(C(=O)N2CCN(c3nccs3)CC2)c1. The van der Waals surface area contributed by atoms with Gasteiger partial charge < -0.3 is 14.9 Å². The number of rotatable bonds is 2. The first kappa shape index (κ1) is 13.9. The highest BCUT2D eigenvalue weighted by molar-refractivity contribution is 7.13. The lowest BCUT2D eigenvalue weighted by Gasteiger charge is -2.34. The third-order valence-electron chi connectivity index (χ3n) is 3.64. The lowest BCUT2D eigenvalue weighted by Crippen LogP contribution is -2.48. The second-order valence-corrected chi connectivity index (χ2v) is 5.99. The summed E-state index contributed by atoms with van der Waals surface area (Å²) in [7, 11) is 0. The van der Waals surface area contributed by atoms with Crippen molar-refractivity contribution in [2.45, 2.75) is 6.92 Å². The van der Waals surface area contributed by atoms with E-state index in [0.29, 0.717) is 18.7 Å². The number of carbonyl (C=O) groups is 1. The van der Waals surface area contributed by atoms with E-state index in [1.54, 1.807) is 40.6 Å². The summed E-state index contributed by atoms with van der Waals surface area (Å²) in [6.07, 6.45) is 1.79. The average molecular weight is 303 g/mol. The maximum atomic E-state index is 12.5. The number of thiazole rings is 1. The molecule has 1 aromatic carbocycles. The van der Waals surface area contributed by atoms with Crippen LogP contribution in [0, 0.1) is 6.92 Å². The van der Waals surface area contributed by atoms with E-state index >= 15 is 0 Å². The zero-order chi connectivity index (χ0) is 14.8. The molecule has 6 heteroatoms. The fourth-order valence-electron chi connectivity index (χ4n) is 2.46. The molecule has 2 aromatic rings. The minimum atomic E-state index is -0.102. The molecule has 1 amide bonds. The van der Waals surface area contributed by atoms with Crippen LogP contribution in [0.5, 0.6) is 5.75 Å². The van der Waals surface area contributed by atoms with Crippen LogP contribution in [0.4, 0.5) is 5.13 Å². The highest BCUT2D eigenvalue weighted by atomic mass is 32.1. The van der Waals surface area contributed by atoms with Gasteiger partial charge in [-0.2, -0.15) is 0 Å². The van der Waals surface area contributed by atoms with Crippen molar-refractivity contribution in [3.63, 3.8) is 0 Å². The molecule has 2 heterocycles. The van der Waals surface area contributed by atoms with Crippen LogP contribution < -0.4 is 4.90 Å². The summed E-state index contributed by atoms with van der Waals surface area (Å²) in [5.74, 6) is -0.0528. The van der Waals surface area contributed by atoms with Gasteiger partial charge >= 0.3 is 0 Å². The molecular weight excluding hydrogens is 286 g/mol. The molecule has 0 radical (unpaired) electrons. The van der Waals surface area contributed by atoms with Crippen LogP contribution in [0.15, 0.2) is 29.8 Å². The lowest BCUT2D eigenvalue weighted by atomic mass is 10.1. The summed E-state index contributed by atoms with van der Waals surface area (Å²) in [5.41, 5.74) is 1.36. The average Bonchev–Trinajstić information content (AvgIpc) is 3.03. The van der Waals surface area contributed by atoms with Crippen molar-refractivity contribution < 1.29 is 9.90 Å². The minimum Gasteiger partial charge on any atom is -0.507 e. The molecule has 0 aliphatic carbocycles. The van der Waals surface area contributed by atoms with E-state index in [1.165, 1.54) is 0 Å². The van der Waals surface area contributed by atoms with Crippen molar-refractivity contribution in [3.8, 4) is 5.75 Å². The van der Waals surface area contributed by atoms with Gasteiger partial charge in [0.2, 0.25) is 0 Å². The summed E-state index contributed by atoms with van der Waals surface area (Å²) < 4.78 is 0. The Kier molecular flexibility index (Phi) is 3.79. The number of piperazine rings is 1. The Morgan fingerprint density at radius 1 is 1.29 bits per heavy atom. The normalized spacial score (nSPS) is 15.3. The summed E-state index contributed by atoms with van der Waals surface area (Å²) in [6, 6.07) is 5.12. The molecule has 1 aliphatic heterocycles. The number of nitrogens with zero attached hydrogens (tertiary/aromatic N) is 3. The summed E-state index contributed by atoms with van der Waals surface area (Å²) >= 11 is 1.61. The number of aromatic nitrogens is 1. The van der Waals surface area contributed by atoms with Gasteiger partial charge in [0.15, 0.2) is 5.13 Å². The molecule has 0 saturated carbocycles. The Morgan fingerprint density at radius 3 is 2.71 bits per heavy atom. The molecular formula is C15H17N3O2S. The van der Waals surface area contributed by atoms with Gasteiger partial charge in [-0.05, 0) is 19.1 Å². The zero-order valence-electron chi connectivity index (χ0n) is 11.8. The Labute approximate surface area is 127 Å². The fourth-order valence-corrected chi connectivity index (χ4v) is 3.16. The Bertz CT molecular complexity index is 634. The lowest BCUT2D eigenvalue weighted by molar-refractivity contribution is 0.0743. The highest BCUT2D eigenvalue weighted by Crippen LogP contribution is 2.23. The van der Waals surface area contributed by atoms with Crippen molar-refractivity contribution in [3.05, 3.63) is 40.9 Å². The highest BCUT2D eigenvalue weighted by Gasteiger charge is 2.24. The zero-order valence-corrected chi connectivity index (χ0v) is 12.6. The molecule has 0 unspecified atom stereocenters. The number of hydrogen-bond acceptors (Lipinski definition) is 5. The number of benzene rings is 1. The first-order chi connectivity index (χ1) is 10.1. The van der Waals surface area contributed by atoms with E-state index < -0.39 is 0 Å². The van der Waals surface area contributed by atoms with Crippen LogP contribution >= 0.6 is 11.3 Å². The number of amides is 1. The van der Waals surface area contributed by atoms with Gasteiger partial charge in [0.1, 0.15) is 5.75 Å². The van der Waals surface area contributed by atoms with Crippen LogP contribution in [0.2, 0.25) is 0 Å². The first-order valence-electron chi connectivity index (χ1n) is 6.88. The molecule has 0 spiro atoms. The van der Waals surface area contributed by atoms with Gasteiger partial charge in [-0.3, -0.25) is 4.79 Å². The molecule has 0 atom stereocenters. The number of hydrogen-bond donors (Lipinski definition) is 1. The molecule has 1 fully saturated rings. The molecule has 3 rings (SSSR count). The van der Waals surface area contributed by atoms with E-state index in [0.717, 1.165) is 23.8 Å². The second kappa shape index (κ2) is 5.73. The number of phenolic OH excluding ortho intramolecular Hbond substituents is 1. The predicted molar refractivity (Wildman–Crippen MR) is 83.1 cm³/mol. The summed E-state index contributed by atoms with van der Waals surface area (Å²) in [6.45, 7) is 4.74. The van der Waals surface area contributed by atoms with Crippen molar-refractivity contribution in [1.29, 1.82) is 0 Å². The van der Waals surface area contributed by atoms with Gasteiger partial charge in [-0.15, -0.1) is 11.3 Å². The topological polar surface area (TPSA) is 56.7 Å². The van der Waals surface area contributed by atoms with Gasteiger partial charge in [-0.1, -0.05) is 11.6 Å². The van der Waals surface area contributed by atoms with Crippen LogP contribution in [0.25, 0.3) is 0 Å². The standard InChI is InChI=1S/C15H17N3O2S/c1-11-2-3-13(19)12(10-11)14(20)17-5-7-18(8-6-17)15-16-4-9-21-15/h2-4,9-10,19H,5-8H2,1H3. The smallest absolute Gasteiger partial charge is 0.257 e.